The van der Waals surface area contributed by atoms with Gasteiger partial charge in [0.25, 0.3) is 5.91 Å². The highest BCUT2D eigenvalue weighted by Crippen LogP contribution is 2.21. The van der Waals surface area contributed by atoms with Gasteiger partial charge in [0.1, 0.15) is 0 Å². The van der Waals surface area contributed by atoms with Crippen LogP contribution in [0, 0.1) is 5.92 Å². The highest BCUT2D eigenvalue weighted by Gasteiger charge is 2.27. The van der Waals surface area contributed by atoms with Crippen molar-refractivity contribution in [3.05, 3.63) is 59.6 Å². The topological polar surface area (TPSA) is 68.3 Å². The SMILES string of the molecule is CC(C)C(OC(=O)c1ccc2ncsc2c1)C(=O)Nc1ccccc1. The fourth-order valence-electron chi connectivity index (χ4n) is 2.39. The van der Waals surface area contributed by atoms with E-state index in [0.717, 1.165) is 10.2 Å². The zero-order chi connectivity index (χ0) is 17.8. The van der Waals surface area contributed by atoms with E-state index in [-0.39, 0.29) is 11.8 Å². The second-order valence-corrected chi connectivity index (χ2v) is 6.85. The van der Waals surface area contributed by atoms with E-state index in [2.05, 4.69) is 10.3 Å². The Hall–Kier alpha value is -2.73. The van der Waals surface area contributed by atoms with Crippen LogP contribution < -0.4 is 5.32 Å². The summed E-state index contributed by atoms with van der Waals surface area (Å²) in [6.45, 7) is 3.68. The van der Waals surface area contributed by atoms with Gasteiger partial charge >= 0.3 is 5.97 Å². The molecule has 0 spiro atoms. The molecule has 0 aliphatic heterocycles. The van der Waals surface area contributed by atoms with Gasteiger partial charge in [-0.25, -0.2) is 9.78 Å². The Bertz CT molecular complexity index is 890. The summed E-state index contributed by atoms with van der Waals surface area (Å²) in [4.78, 5) is 29.1. The summed E-state index contributed by atoms with van der Waals surface area (Å²) < 4.78 is 6.40. The van der Waals surface area contributed by atoms with Crippen LogP contribution in [0.3, 0.4) is 0 Å². The molecule has 0 saturated carbocycles. The van der Waals surface area contributed by atoms with E-state index >= 15 is 0 Å². The smallest absolute Gasteiger partial charge is 0.338 e. The van der Waals surface area contributed by atoms with E-state index in [9.17, 15) is 9.59 Å². The molecule has 5 nitrogen and oxygen atoms in total. The zero-order valence-corrected chi connectivity index (χ0v) is 14.7. The first-order valence-corrected chi connectivity index (χ1v) is 8.82. The average molecular weight is 354 g/mol. The van der Waals surface area contributed by atoms with Crippen molar-refractivity contribution in [3.63, 3.8) is 0 Å². The molecule has 0 aliphatic carbocycles. The van der Waals surface area contributed by atoms with Crippen LogP contribution in [0.25, 0.3) is 10.2 Å². The molecule has 0 radical (unpaired) electrons. The molecule has 3 aromatic rings. The van der Waals surface area contributed by atoms with E-state index < -0.39 is 12.1 Å². The second-order valence-electron chi connectivity index (χ2n) is 5.96. The minimum absolute atomic E-state index is 0.153. The van der Waals surface area contributed by atoms with Crippen molar-refractivity contribution < 1.29 is 14.3 Å². The number of anilines is 1. The van der Waals surface area contributed by atoms with Gasteiger partial charge in [0.2, 0.25) is 0 Å². The van der Waals surface area contributed by atoms with Crippen LogP contribution in [-0.2, 0) is 9.53 Å². The molecule has 25 heavy (non-hydrogen) atoms. The maximum Gasteiger partial charge on any atom is 0.338 e. The molecule has 128 valence electrons. The standard InChI is InChI=1S/C19H18N2O3S/c1-12(2)17(18(22)21-14-6-4-3-5-7-14)24-19(23)13-8-9-15-16(10-13)25-11-20-15/h3-12,17H,1-2H3,(H,21,22). The van der Waals surface area contributed by atoms with Crippen LogP contribution in [0.5, 0.6) is 0 Å². The zero-order valence-electron chi connectivity index (χ0n) is 13.9. The van der Waals surface area contributed by atoms with Crippen molar-refractivity contribution in [3.8, 4) is 0 Å². The minimum Gasteiger partial charge on any atom is -0.448 e. The monoisotopic (exact) mass is 354 g/mol. The van der Waals surface area contributed by atoms with Gasteiger partial charge in [-0.1, -0.05) is 32.0 Å². The number of rotatable bonds is 5. The van der Waals surface area contributed by atoms with Crippen LogP contribution >= 0.6 is 11.3 Å². The van der Waals surface area contributed by atoms with E-state index in [4.69, 9.17) is 4.74 Å². The predicted molar refractivity (Wildman–Crippen MR) is 98.7 cm³/mol. The number of para-hydroxylation sites is 1. The lowest BCUT2D eigenvalue weighted by Gasteiger charge is -2.20. The van der Waals surface area contributed by atoms with Crippen molar-refractivity contribution in [1.29, 1.82) is 0 Å². The molecule has 0 bridgehead atoms. The molecule has 3 rings (SSSR count). The van der Waals surface area contributed by atoms with Gasteiger partial charge in [0.05, 0.1) is 21.3 Å². The summed E-state index contributed by atoms with van der Waals surface area (Å²) in [5.74, 6) is -1.01. The molecule has 0 aliphatic rings. The molecular formula is C19H18N2O3S. The largest absolute Gasteiger partial charge is 0.448 e. The summed E-state index contributed by atoms with van der Waals surface area (Å²) in [6, 6.07) is 14.3. The highest BCUT2D eigenvalue weighted by atomic mass is 32.1. The predicted octanol–water partition coefficient (Wildman–Crippen LogP) is 4.12. The van der Waals surface area contributed by atoms with E-state index in [1.807, 2.05) is 32.0 Å². The number of thiazole rings is 1. The number of hydrogen-bond donors (Lipinski definition) is 1. The minimum atomic E-state index is -0.870. The van der Waals surface area contributed by atoms with Gasteiger partial charge in [0.15, 0.2) is 6.10 Å². The lowest BCUT2D eigenvalue weighted by atomic mass is 10.1. The van der Waals surface area contributed by atoms with Crippen LogP contribution in [0.2, 0.25) is 0 Å². The number of nitrogens with zero attached hydrogens (tertiary/aromatic N) is 1. The third-order valence-electron chi connectivity index (χ3n) is 3.71. The molecule has 1 N–H and O–H groups in total. The number of esters is 1. The van der Waals surface area contributed by atoms with Crippen LogP contribution in [0.1, 0.15) is 24.2 Å². The van der Waals surface area contributed by atoms with E-state index in [1.165, 1.54) is 11.3 Å². The Morgan fingerprint density at radius 3 is 2.60 bits per heavy atom. The van der Waals surface area contributed by atoms with Gasteiger partial charge < -0.3 is 10.1 Å². The van der Waals surface area contributed by atoms with Crippen LogP contribution in [0.15, 0.2) is 54.0 Å². The first kappa shape index (κ1) is 17.1. The van der Waals surface area contributed by atoms with Gasteiger partial charge in [0, 0.05) is 5.69 Å². The number of amides is 1. The lowest BCUT2D eigenvalue weighted by Crippen LogP contribution is -2.36. The van der Waals surface area contributed by atoms with Crippen molar-refractivity contribution >= 4 is 39.1 Å². The number of fused-ring (bicyclic) bond motifs is 1. The molecule has 1 aromatic heterocycles. The maximum atomic E-state index is 12.5. The van der Waals surface area contributed by atoms with Gasteiger partial charge in [-0.2, -0.15) is 0 Å². The molecule has 0 fully saturated rings. The lowest BCUT2D eigenvalue weighted by molar-refractivity contribution is -0.126. The molecule has 1 heterocycles. The van der Waals surface area contributed by atoms with Crippen LogP contribution in [0.4, 0.5) is 5.69 Å². The van der Waals surface area contributed by atoms with Crippen molar-refractivity contribution in [2.24, 2.45) is 5.92 Å². The highest BCUT2D eigenvalue weighted by molar-refractivity contribution is 7.16. The summed E-state index contributed by atoms with van der Waals surface area (Å²) in [6.07, 6.45) is -0.870. The number of carbonyl (C=O) groups excluding carboxylic acids is 2. The first-order valence-electron chi connectivity index (χ1n) is 7.95. The van der Waals surface area contributed by atoms with E-state index in [0.29, 0.717) is 11.3 Å². The fourth-order valence-corrected chi connectivity index (χ4v) is 3.11. The van der Waals surface area contributed by atoms with Crippen molar-refractivity contribution in [2.45, 2.75) is 20.0 Å². The molecule has 1 unspecified atom stereocenters. The number of benzene rings is 2. The third-order valence-corrected chi connectivity index (χ3v) is 4.50. The Morgan fingerprint density at radius 1 is 1.12 bits per heavy atom. The van der Waals surface area contributed by atoms with Crippen LogP contribution in [-0.4, -0.2) is 23.0 Å². The maximum absolute atomic E-state index is 12.5. The number of hydrogen-bond acceptors (Lipinski definition) is 5. The quantitative estimate of drug-likeness (QED) is 0.700. The Morgan fingerprint density at radius 2 is 1.88 bits per heavy atom. The van der Waals surface area contributed by atoms with E-state index in [1.54, 1.807) is 35.8 Å². The summed E-state index contributed by atoms with van der Waals surface area (Å²) in [5, 5.41) is 2.78. The summed E-state index contributed by atoms with van der Waals surface area (Å²) >= 11 is 1.45. The van der Waals surface area contributed by atoms with Gasteiger partial charge in [-0.05, 0) is 36.2 Å². The average Bonchev–Trinajstić information content (AvgIpc) is 3.07. The number of nitrogens with one attached hydrogen (secondary N) is 1. The second kappa shape index (κ2) is 7.44. The van der Waals surface area contributed by atoms with Crippen molar-refractivity contribution in [1.82, 2.24) is 4.98 Å². The first-order chi connectivity index (χ1) is 12.0. The van der Waals surface area contributed by atoms with Crippen molar-refractivity contribution in [2.75, 3.05) is 5.32 Å². The molecule has 6 heteroatoms. The molecular weight excluding hydrogens is 336 g/mol. The molecule has 2 aromatic carbocycles. The Kier molecular flexibility index (Phi) is 5.09. The third kappa shape index (κ3) is 4.03. The summed E-state index contributed by atoms with van der Waals surface area (Å²) in [5.41, 5.74) is 3.64. The molecule has 1 atom stereocenters. The molecule has 0 saturated heterocycles. The Labute approximate surface area is 149 Å². The molecule has 1 amide bonds. The fraction of sp³-hybridized carbons (Fsp3) is 0.211. The van der Waals surface area contributed by atoms with Gasteiger partial charge in [-0.3, -0.25) is 4.79 Å². The normalized spacial score (nSPS) is 12.1. The number of aromatic nitrogens is 1. The summed E-state index contributed by atoms with van der Waals surface area (Å²) in [7, 11) is 0. The Balaban J connectivity index is 1.74. The number of carbonyl (C=O) groups is 2. The number of ether oxygens (including phenoxy) is 1. The van der Waals surface area contributed by atoms with Gasteiger partial charge in [-0.15, -0.1) is 11.3 Å².